The Hall–Kier alpha value is -6.03. The summed E-state index contributed by atoms with van der Waals surface area (Å²) < 4.78 is 12.3. The van der Waals surface area contributed by atoms with Gasteiger partial charge in [0.05, 0.1) is 12.5 Å². The molecule has 0 aliphatic rings. The van der Waals surface area contributed by atoms with Crippen molar-refractivity contribution < 1.29 is 23.2 Å². The van der Waals surface area contributed by atoms with Crippen molar-refractivity contribution in [3.05, 3.63) is 79.0 Å². The van der Waals surface area contributed by atoms with Crippen molar-refractivity contribution in [3.63, 3.8) is 0 Å². The Labute approximate surface area is 286 Å². The van der Waals surface area contributed by atoms with Crippen LogP contribution < -0.4 is 16.4 Å². The zero-order valence-corrected chi connectivity index (χ0v) is 28.2. The van der Waals surface area contributed by atoms with Gasteiger partial charge in [-0.3, -0.25) is 14.4 Å². The molecule has 0 spiro atoms. The van der Waals surface area contributed by atoms with Gasteiger partial charge in [-0.1, -0.05) is 27.7 Å². The molecule has 0 fully saturated rings. The molecule has 16 heteroatoms. The molecule has 6 aromatic heterocycles. The van der Waals surface area contributed by atoms with Gasteiger partial charge in [-0.2, -0.15) is 5.10 Å². The van der Waals surface area contributed by atoms with Gasteiger partial charge < -0.3 is 25.2 Å². The van der Waals surface area contributed by atoms with E-state index in [9.17, 15) is 14.4 Å². The number of amides is 3. The first-order valence-corrected chi connectivity index (χ1v) is 16.2. The molecule has 0 atom stereocenters. The van der Waals surface area contributed by atoms with Crippen LogP contribution in [-0.4, -0.2) is 52.4 Å². The largest absolute Gasteiger partial charge is 0.463 e. The van der Waals surface area contributed by atoms with E-state index >= 15 is 0 Å². The van der Waals surface area contributed by atoms with E-state index < -0.39 is 0 Å². The zero-order valence-electron chi connectivity index (χ0n) is 27.4. The number of hydrogen-bond donors (Lipinski definition) is 3. The fraction of sp³-hybridized carbons (Fsp3) is 0.242. The summed E-state index contributed by atoms with van der Waals surface area (Å²) in [6.07, 6.45) is 9.50. The number of nitrogens with zero attached hydrogens (tertiary/aromatic N) is 7. The number of hydrogen-bond acceptors (Lipinski definition) is 12. The van der Waals surface area contributed by atoms with Crippen LogP contribution >= 0.6 is 11.3 Å². The number of nitrogens with two attached hydrogens (primary N) is 1. The lowest BCUT2D eigenvalue weighted by molar-refractivity contribution is -0.118. The first-order chi connectivity index (χ1) is 23.6. The Morgan fingerprint density at radius 2 is 1.53 bits per heavy atom. The highest BCUT2D eigenvalue weighted by molar-refractivity contribution is 7.13. The number of carbonyl (C=O) groups is 3. The van der Waals surface area contributed by atoms with Crippen molar-refractivity contribution in [1.82, 2.24) is 34.7 Å². The molecule has 0 saturated carbocycles. The van der Waals surface area contributed by atoms with Crippen LogP contribution in [0.3, 0.4) is 0 Å². The van der Waals surface area contributed by atoms with Crippen LogP contribution in [0.1, 0.15) is 47.0 Å². The monoisotopic (exact) mass is 684 g/mol. The van der Waals surface area contributed by atoms with Crippen molar-refractivity contribution in [2.45, 2.75) is 47.0 Å². The predicted molar refractivity (Wildman–Crippen MR) is 184 cm³/mol. The van der Waals surface area contributed by atoms with E-state index in [1.54, 1.807) is 92.1 Å². The summed E-state index contributed by atoms with van der Waals surface area (Å²) >= 11 is 1.44. The molecule has 0 aliphatic heterocycles. The average molecular weight is 685 g/mol. The second kappa shape index (κ2) is 17.8. The van der Waals surface area contributed by atoms with E-state index in [1.165, 1.54) is 11.3 Å². The van der Waals surface area contributed by atoms with Crippen LogP contribution in [0.5, 0.6) is 0 Å². The summed E-state index contributed by atoms with van der Waals surface area (Å²) in [4.78, 5) is 54.9. The van der Waals surface area contributed by atoms with Gasteiger partial charge in [0, 0.05) is 55.4 Å². The number of anilines is 2. The van der Waals surface area contributed by atoms with Crippen molar-refractivity contribution >= 4 is 40.7 Å². The third kappa shape index (κ3) is 11.0. The van der Waals surface area contributed by atoms with Gasteiger partial charge in [-0.15, -0.1) is 11.3 Å². The number of primary amides is 1. The summed E-state index contributed by atoms with van der Waals surface area (Å²) in [7, 11) is 0. The Bertz CT molecular complexity index is 1800. The summed E-state index contributed by atoms with van der Waals surface area (Å²) in [6, 6.07) is 12.3. The Morgan fingerprint density at radius 1 is 0.857 bits per heavy atom. The third-order valence-corrected chi connectivity index (χ3v) is 6.88. The van der Waals surface area contributed by atoms with E-state index in [-0.39, 0.29) is 23.6 Å². The van der Waals surface area contributed by atoms with Crippen LogP contribution in [0.4, 0.5) is 11.6 Å². The number of furan rings is 2. The second-order valence-electron chi connectivity index (χ2n) is 10.5. The highest BCUT2D eigenvalue weighted by Crippen LogP contribution is 2.26. The number of aromatic nitrogens is 7. The highest BCUT2D eigenvalue weighted by atomic mass is 32.1. The molecule has 0 unspecified atom stereocenters. The van der Waals surface area contributed by atoms with E-state index in [0.29, 0.717) is 70.6 Å². The van der Waals surface area contributed by atoms with Crippen molar-refractivity contribution in [3.8, 4) is 39.7 Å². The van der Waals surface area contributed by atoms with Gasteiger partial charge in [0.25, 0.3) is 0 Å². The average Bonchev–Trinajstić information content (AvgIpc) is 3.93. The molecule has 254 valence electrons. The van der Waals surface area contributed by atoms with E-state index in [1.807, 2.05) is 19.2 Å². The standard InChI is InChI=1S/C16H17N5O2.C14H12N4O2S.C3H7NO/c1-11(2)9-15(22)18-13-10-14(21-7-4-6-17-21)20-16(19-13)12-5-3-8-23-12;1-2-12(19)17-11-8-9(10-4-3-6-20-10)16-13(18-11)14-15-5-7-21-14;1-2-3(4)5/h3-8,10-11H,9H2,1-2H3,(H,18,19,20,22);3-8H,2H2,1H3,(H,16,17,18,19);2H2,1H3,(H2,4,5). The maximum atomic E-state index is 12.0. The Morgan fingerprint density at radius 3 is 2.10 bits per heavy atom. The van der Waals surface area contributed by atoms with Gasteiger partial charge in [-0.05, 0) is 36.2 Å². The molecular formula is C33H36N10O5S. The molecule has 3 amide bonds. The first-order valence-electron chi connectivity index (χ1n) is 15.3. The minimum Gasteiger partial charge on any atom is -0.463 e. The molecule has 15 nitrogen and oxygen atoms in total. The molecule has 0 bridgehead atoms. The quantitative estimate of drug-likeness (QED) is 0.152. The fourth-order valence-corrected chi connectivity index (χ4v) is 4.39. The Balaban J connectivity index is 0.000000195. The topological polar surface area (TPSA) is 210 Å². The molecule has 6 heterocycles. The lowest BCUT2D eigenvalue weighted by Gasteiger charge is -2.09. The molecule has 0 radical (unpaired) electrons. The summed E-state index contributed by atoms with van der Waals surface area (Å²) in [5.74, 6) is 3.23. The second-order valence-corrected chi connectivity index (χ2v) is 11.4. The summed E-state index contributed by atoms with van der Waals surface area (Å²) in [6.45, 7) is 7.49. The van der Waals surface area contributed by atoms with Gasteiger partial charge in [-0.25, -0.2) is 29.6 Å². The zero-order chi connectivity index (χ0) is 35.2. The molecular weight excluding hydrogens is 648 g/mol. The smallest absolute Gasteiger partial charge is 0.225 e. The highest BCUT2D eigenvalue weighted by Gasteiger charge is 2.15. The fourth-order valence-electron chi connectivity index (χ4n) is 3.82. The summed E-state index contributed by atoms with van der Waals surface area (Å²) in [5, 5.41) is 12.2. The minimum atomic E-state index is -0.245. The number of rotatable bonds is 10. The van der Waals surface area contributed by atoms with Crippen LogP contribution in [0, 0.1) is 5.92 Å². The van der Waals surface area contributed by atoms with Crippen LogP contribution in [0.15, 0.2) is 87.8 Å². The molecule has 0 aliphatic carbocycles. The summed E-state index contributed by atoms with van der Waals surface area (Å²) in [5.41, 5.74) is 5.26. The van der Waals surface area contributed by atoms with Gasteiger partial charge in [0.1, 0.15) is 17.3 Å². The molecule has 0 aromatic carbocycles. The number of nitrogens with one attached hydrogen (secondary N) is 2. The van der Waals surface area contributed by atoms with Gasteiger partial charge in [0.15, 0.2) is 34.0 Å². The van der Waals surface area contributed by atoms with Crippen molar-refractivity contribution in [2.24, 2.45) is 11.7 Å². The van der Waals surface area contributed by atoms with E-state index in [0.717, 1.165) is 0 Å². The maximum Gasteiger partial charge on any atom is 0.225 e. The number of thiazole rings is 1. The first kappa shape index (κ1) is 35.8. The lowest BCUT2D eigenvalue weighted by Crippen LogP contribution is -2.16. The van der Waals surface area contributed by atoms with Crippen LogP contribution in [-0.2, 0) is 14.4 Å². The predicted octanol–water partition coefficient (Wildman–Crippen LogP) is 6.00. The van der Waals surface area contributed by atoms with Crippen LogP contribution in [0.25, 0.3) is 39.7 Å². The SMILES string of the molecule is CC(C)CC(=O)Nc1cc(-n2cccn2)nc(-c2ccco2)n1.CCC(=O)Nc1cc(-c2ccco2)nc(-c2nccs2)n1.CCC(N)=O. The Kier molecular flexibility index (Phi) is 13.0. The molecule has 0 saturated heterocycles. The minimum absolute atomic E-state index is 0.0875. The normalized spacial score (nSPS) is 10.4. The number of carbonyl (C=O) groups excluding carboxylic acids is 3. The van der Waals surface area contributed by atoms with E-state index in [4.69, 9.17) is 8.83 Å². The van der Waals surface area contributed by atoms with Crippen molar-refractivity contribution in [1.29, 1.82) is 0 Å². The molecule has 6 rings (SSSR count). The maximum absolute atomic E-state index is 12.0. The van der Waals surface area contributed by atoms with Crippen LogP contribution in [0.2, 0.25) is 0 Å². The third-order valence-electron chi connectivity index (χ3n) is 6.11. The molecule has 6 aromatic rings. The lowest BCUT2D eigenvalue weighted by atomic mass is 10.1. The van der Waals surface area contributed by atoms with E-state index in [2.05, 4.69) is 46.4 Å². The van der Waals surface area contributed by atoms with Gasteiger partial charge in [0.2, 0.25) is 17.7 Å². The van der Waals surface area contributed by atoms with Crippen molar-refractivity contribution in [2.75, 3.05) is 10.6 Å². The molecule has 4 N–H and O–H groups in total. The molecule has 49 heavy (non-hydrogen) atoms. The van der Waals surface area contributed by atoms with Gasteiger partial charge >= 0.3 is 0 Å².